The molecule has 1 amide bonds. The van der Waals surface area contributed by atoms with E-state index < -0.39 is 17.9 Å². The van der Waals surface area contributed by atoms with E-state index in [4.69, 9.17) is 10.8 Å². The Morgan fingerprint density at radius 3 is 2.94 bits per heavy atom. The van der Waals surface area contributed by atoms with Gasteiger partial charge in [-0.3, -0.25) is 14.5 Å². The van der Waals surface area contributed by atoms with Crippen LogP contribution in [0.25, 0.3) is 0 Å². The van der Waals surface area contributed by atoms with E-state index >= 15 is 0 Å². The van der Waals surface area contributed by atoms with Crippen molar-refractivity contribution < 1.29 is 14.7 Å². The van der Waals surface area contributed by atoms with E-state index in [0.29, 0.717) is 5.75 Å². The Labute approximate surface area is 111 Å². The summed E-state index contributed by atoms with van der Waals surface area (Å²) in [5.74, 6) is -1.02. The second kappa shape index (κ2) is 7.40. The number of nitrogens with two attached hydrogens (primary N) is 1. The molecule has 0 unspecified atom stereocenters. The molecule has 4 N–H and O–H groups in total. The smallest absolute Gasteiger partial charge is 0.322 e. The van der Waals surface area contributed by atoms with Crippen LogP contribution in [0.1, 0.15) is 6.92 Å². The SMILES string of the molecule is CCN1CC=C(SC[C@H](N)C(=O)NCC(=O)O)C1. The Kier molecular flexibility index (Phi) is 6.17. The molecule has 0 saturated heterocycles. The summed E-state index contributed by atoms with van der Waals surface area (Å²) in [5.41, 5.74) is 5.68. The predicted molar refractivity (Wildman–Crippen MR) is 71.3 cm³/mol. The number of likely N-dealkylation sites (N-methyl/N-ethyl adjacent to an activating group) is 1. The summed E-state index contributed by atoms with van der Waals surface area (Å²) in [6, 6.07) is -0.675. The number of amides is 1. The summed E-state index contributed by atoms with van der Waals surface area (Å²) >= 11 is 1.56. The van der Waals surface area contributed by atoms with E-state index in [9.17, 15) is 9.59 Å². The van der Waals surface area contributed by atoms with Gasteiger partial charge in [-0.25, -0.2) is 0 Å². The molecule has 1 heterocycles. The van der Waals surface area contributed by atoms with Gasteiger partial charge < -0.3 is 16.2 Å². The van der Waals surface area contributed by atoms with Gasteiger partial charge in [0.15, 0.2) is 0 Å². The van der Waals surface area contributed by atoms with E-state index in [-0.39, 0.29) is 6.54 Å². The maximum atomic E-state index is 11.4. The maximum Gasteiger partial charge on any atom is 0.322 e. The summed E-state index contributed by atoms with van der Waals surface area (Å²) in [4.78, 5) is 25.2. The molecule has 0 aromatic heterocycles. The summed E-state index contributed by atoms with van der Waals surface area (Å²) in [5, 5.41) is 10.7. The first kappa shape index (κ1) is 15.0. The highest BCUT2D eigenvalue weighted by Gasteiger charge is 2.17. The van der Waals surface area contributed by atoms with Crippen molar-refractivity contribution in [3.05, 3.63) is 11.0 Å². The Balaban J connectivity index is 2.22. The molecular weight excluding hydrogens is 254 g/mol. The fourth-order valence-corrected chi connectivity index (χ4v) is 2.50. The van der Waals surface area contributed by atoms with E-state index in [2.05, 4.69) is 23.2 Å². The number of rotatable bonds is 7. The van der Waals surface area contributed by atoms with Gasteiger partial charge in [0.25, 0.3) is 0 Å². The average molecular weight is 273 g/mol. The van der Waals surface area contributed by atoms with E-state index in [1.165, 1.54) is 4.91 Å². The molecule has 1 aliphatic rings. The largest absolute Gasteiger partial charge is 0.480 e. The van der Waals surface area contributed by atoms with Crippen molar-refractivity contribution in [3.63, 3.8) is 0 Å². The molecule has 0 aromatic rings. The number of carbonyl (C=O) groups excluding carboxylic acids is 1. The normalized spacial score (nSPS) is 17.3. The molecule has 0 fully saturated rings. The van der Waals surface area contributed by atoms with Gasteiger partial charge in [-0.2, -0.15) is 0 Å². The molecule has 6 nitrogen and oxygen atoms in total. The fourth-order valence-electron chi connectivity index (χ4n) is 1.49. The Bertz CT molecular complexity index is 346. The third kappa shape index (κ3) is 5.07. The molecule has 18 heavy (non-hydrogen) atoms. The molecule has 1 aliphatic heterocycles. The lowest BCUT2D eigenvalue weighted by Gasteiger charge is -2.13. The third-order valence-corrected chi connectivity index (χ3v) is 3.80. The van der Waals surface area contributed by atoms with Crippen LogP contribution in [0, 0.1) is 0 Å². The predicted octanol–water partition coefficient (Wildman–Crippen LogP) is -0.533. The minimum Gasteiger partial charge on any atom is -0.480 e. The lowest BCUT2D eigenvalue weighted by Crippen LogP contribution is -2.44. The average Bonchev–Trinajstić information content (AvgIpc) is 2.80. The number of carbonyl (C=O) groups is 2. The number of carboxylic acids is 1. The molecule has 102 valence electrons. The minimum atomic E-state index is -1.07. The summed E-state index contributed by atoms with van der Waals surface area (Å²) in [7, 11) is 0. The Morgan fingerprint density at radius 1 is 1.67 bits per heavy atom. The van der Waals surface area contributed by atoms with Crippen molar-refractivity contribution in [3.8, 4) is 0 Å². The maximum absolute atomic E-state index is 11.4. The molecule has 0 bridgehead atoms. The number of aliphatic carboxylic acids is 1. The summed E-state index contributed by atoms with van der Waals surface area (Å²) in [6.07, 6.45) is 2.13. The zero-order valence-electron chi connectivity index (χ0n) is 10.4. The van der Waals surface area contributed by atoms with Crippen LogP contribution in [0.3, 0.4) is 0 Å². The molecule has 0 spiro atoms. The molecule has 0 aromatic carbocycles. The van der Waals surface area contributed by atoms with Gasteiger partial charge in [0.1, 0.15) is 6.54 Å². The second-order valence-electron chi connectivity index (χ2n) is 4.03. The number of hydrogen-bond donors (Lipinski definition) is 3. The molecule has 0 aliphatic carbocycles. The second-order valence-corrected chi connectivity index (χ2v) is 5.17. The molecule has 0 saturated carbocycles. The minimum absolute atomic E-state index is 0.385. The van der Waals surface area contributed by atoms with Gasteiger partial charge in [-0.05, 0) is 11.4 Å². The van der Waals surface area contributed by atoms with E-state index in [1.54, 1.807) is 11.8 Å². The van der Waals surface area contributed by atoms with E-state index in [0.717, 1.165) is 19.6 Å². The van der Waals surface area contributed by atoms with Crippen molar-refractivity contribution in [1.82, 2.24) is 10.2 Å². The lowest BCUT2D eigenvalue weighted by atomic mass is 10.3. The zero-order valence-corrected chi connectivity index (χ0v) is 11.2. The number of hydrogen-bond acceptors (Lipinski definition) is 5. The van der Waals surface area contributed by atoms with Crippen LogP contribution in [0.15, 0.2) is 11.0 Å². The first-order valence-corrected chi connectivity index (χ1v) is 6.80. The molecule has 1 atom stereocenters. The topological polar surface area (TPSA) is 95.7 Å². The van der Waals surface area contributed by atoms with Crippen LogP contribution in [0.4, 0.5) is 0 Å². The quantitative estimate of drug-likeness (QED) is 0.577. The van der Waals surface area contributed by atoms with Crippen LogP contribution in [0.5, 0.6) is 0 Å². The molecule has 0 radical (unpaired) electrons. The van der Waals surface area contributed by atoms with Crippen molar-refractivity contribution in [2.24, 2.45) is 5.73 Å². The number of thioether (sulfide) groups is 1. The van der Waals surface area contributed by atoms with E-state index in [1.807, 2.05) is 0 Å². The third-order valence-electron chi connectivity index (χ3n) is 2.60. The van der Waals surface area contributed by atoms with Crippen molar-refractivity contribution in [2.75, 3.05) is 31.9 Å². The van der Waals surface area contributed by atoms with Crippen molar-refractivity contribution in [1.29, 1.82) is 0 Å². The Morgan fingerprint density at radius 2 is 2.39 bits per heavy atom. The fraction of sp³-hybridized carbons (Fsp3) is 0.636. The highest BCUT2D eigenvalue weighted by molar-refractivity contribution is 8.03. The van der Waals surface area contributed by atoms with Gasteiger partial charge in [0.05, 0.1) is 6.04 Å². The van der Waals surface area contributed by atoms with Gasteiger partial charge >= 0.3 is 5.97 Å². The zero-order chi connectivity index (χ0) is 13.5. The van der Waals surface area contributed by atoms with Gasteiger partial charge in [0, 0.05) is 18.8 Å². The molecule has 7 heteroatoms. The number of carboxylic acid groups (broad SMARTS) is 1. The highest BCUT2D eigenvalue weighted by Crippen LogP contribution is 2.21. The number of nitrogens with one attached hydrogen (secondary N) is 1. The Hall–Kier alpha value is -1.05. The highest BCUT2D eigenvalue weighted by atomic mass is 32.2. The van der Waals surface area contributed by atoms with Gasteiger partial charge in [-0.15, -0.1) is 11.8 Å². The van der Waals surface area contributed by atoms with Gasteiger partial charge in [-0.1, -0.05) is 13.0 Å². The summed E-state index contributed by atoms with van der Waals surface area (Å²) < 4.78 is 0. The van der Waals surface area contributed by atoms with Crippen LogP contribution in [-0.2, 0) is 9.59 Å². The first-order valence-electron chi connectivity index (χ1n) is 5.82. The first-order chi connectivity index (χ1) is 8.52. The van der Waals surface area contributed by atoms with Crippen LogP contribution >= 0.6 is 11.8 Å². The van der Waals surface area contributed by atoms with Crippen LogP contribution < -0.4 is 11.1 Å². The monoisotopic (exact) mass is 273 g/mol. The van der Waals surface area contributed by atoms with Crippen molar-refractivity contribution >= 4 is 23.6 Å². The van der Waals surface area contributed by atoms with Crippen LogP contribution in [0.2, 0.25) is 0 Å². The standard InChI is InChI=1S/C11H19N3O3S/c1-2-14-4-3-8(6-14)18-7-9(12)11(17)13-5-10(15)16/h3,9H,2,4-7,12H2,1H3,(H,13,17)(H,15,16)/t9-/m0/s1. The molecule has 1 rings (SSSR count). The lowest BCUT2D eigenvalue weighted by molar-refractivity contribution is -0.138. The molecular formula is C11H19N3O3S. The van der Waals surface area contributed by atoms with Crippen molar-refractivity contribution in [2.45, 2.75) is 13.0 Å². The number of nitrogens with zero attached hydrogens (tertiary/aromatic N) is 1. The van der Waals surface area contributed by atoms with Crippen LogP contribution in [-0.4, -0.2) is 59.9 Å². The summed E-state index contributed by atoms with van der Waals surface area (Å²) in [6.45, 7) is 4.58. The van der Waals surface area contributed by atoms with Gasteiger partial charge in [0.2, 0.25) is 5.91 Å².